The van der Waals surface area contributed by atoms with Gasteiger partial charge in [-0.3, -0.25) is 15.0 Å². The number of imide groups is 1. The molecule has 0 radical (unpaired) electrons. The largest absolute Gasteiger partial charge is 0.344 e. The molecular weight excluding hydrogens is 440 g/mol. The Morgan fingerprint density at radius 3 is 2.64 bits per heavy atom. The van der Waals surface area contributed by atoms with E-state index in [4.69, 9.17) is 4.98 Å². The molecule has 1 saturated carbocycles. The molecule has 1 saturated heterocycles. The van der Waals surface area contributed by atoms with Gasteiger partial charge in [0.2, 0.25) is 0 Å². The number of carbonyl (C=O) groups excluding carboxylic acids is 3. The molecule has 0 unspecified atom stereocenters. The number of amides is 4. The summed E-state index contributed by atoms with van der Waals surface area (Å²) in [6.45, 7) is 6.00. The smallest absolute Gasteiger partial charge is 0.322 e. The Hall–Kier alpha value is -3.27. The van der Waals surface area contributed by atoms with E-state index >= 15 is 0 Å². The molecule has 4 amide bonds. The van der Waals surface area contributed by atoms with E-state index in [1.807, 2.05) is 32.9 Å². The van der Waals surface area contributed by atoms with Gasteiger partial charge in [0.05, 0.1) is 27.7 Å². The Bertz CT molecular complexity index is 1270. The lowest BCUT2D eigenvalue weighted by Crippen LogP contribution is -2.51. The fraction of sp³-hybridized carbons (Fsp3) is 0.435. The van der Waals surface area contributed by atoms with E-state index in [0.717, 1.165) is 34.0 Å². The lowest BCUT2D eigenvalue weighted by molar-refractivity contribution is -0.134. The number of hydrazine groups is 1. The maximum atomic E-state index is 13.4. The van der Waals surface area contributed by atoms with Crippen molar-refractivity contribution in [2.24, 2.45) is 0 Å². The van der Waals surface area contributed by atoms with Crippen LogP contribution in [0.4, 0.5) is 4.79 Å². The number of nitrogens with one attached hydrogen (secondary N) is 2. The molecule has 2 aliphatic rings. The van der Waals surface area contributed by atoms with E-state index in [1.165, 1.54) is 0 Å². The fourth-order valence-corrected chi connectivity index (χ4v) is 5.49. The minimum Gasteiger partial charge on any atom is -0.322 e. The summed E-state index contributed by atoms with van der Waals surface area (Å²) in [5, 5.41) is 8.65. The van der Waals surface area contributed by atoms with Crippen molar-refractivity contribution in [2.75, 3.05) is 0 Å². The van der Waals surface area contributed by atoms with E-state index in [1.54, 1.807) is 28.3 Å². The number of aryl methyl sites for hydroxylation is 1. The molecule has 3 aromatic heterocycles. The summed E-state index contributed by atoms with van der Waals surface area (Å²) >= 11 is 1.58. The number of aromatic nitrogens is 3. The molecule has 5 rings (SSSR count). The van der Waals surface area contributed by atoms with Crippen molar-refractivity contribution < 1.29 is 14.4 Å². The lowest BCUT2D eigenvalue weighted by atomic mass is 9.82. The number of rotatable bonds is 4. The first-order valence-electron chi connectivity index (χ1n) is 11.2. The molecular formula is C23H26N6O3S. The van der Waals surface area contributed by atoms with Gasteiger partial charge >= 0.3 is 6.03 Å². The number of pyridine rings is 1. The van der Waals surface area contributed by atoms with Gasteiger partial charge in [0, 0.05) is 10.9 Å². The van der Waals surface area contributed by atoms with Crippen molar-refractivity contribution in [1.82, 2.24) is 30.5 Å². The third-order valence-corrected chi connectivity index (χ3v) is 7.40. The van der Waals surface area contributed by atoms with Crippen molar-refractivity contribution in [1.29, 1.82) is 0 Å². The van der Waals surface area contributed by atoms with Crippen LogP contribution in [-0.4, -0.2) is 43.2 Å². The summed E-state index contributed by atoms with van der Waals surface area (Å²) < 4.78 is 1.76. The zero-order valence-corrected chi connectivity index (χ0v) is 19.7. The highest BCUT2D eigenvalue weighted by Gasteiger charge is 2.52. The number of hydrogen-bond donors (Lipinski definition) is 2. The van der Waals surface area contributed by atoms with Gasteiger partial charge in [-0.2, -0.15) is 10.1 Å². The Labute approximate surface area is 195 Å². The Morgan fingerprint density at radius 2 is 1.97 bits per heavy atom. The average Bonchev–Trinajstić information content (AvgIpc) is 3.47. The van der Waals surface area contributed by atoms with Crippen molar-refractivity contribution >= 4 is 40.2 Å². The number of fused-ring (bicyclic) bond motifs is 1. The minimum absolute atomic E-state index is 0.0448. The topological polar surface area (TPSA) is 109 Å². The highest BCUT2D eigenvalue weighted by Crippen LogP contribution is 2.34. The number of hydrogen-bond acceptors (Lipinski definition) is 6. The average molecular weight is 467 g/mol. The van der Waals surface area contributed by atoms with Crippen molar-refractivity contribution in [3.8, 4) is 10.6 Å². The zero-order chi connectivity index (χ0) is 23.3. The Kier molecular flexibility index (Phi) is 5.19. The summed E-state index contributed by atoms with van der Waals surface area (Å²) in [7, 11) is 0. The highest BCUT2D eigenvalue weighted by molar-refractivity contribution is 7.15. The second kappa shape index (κ2) is 7.95. The van der Waals surface area contributed by atoms with Gasteiger partial charge in [0.25, 0.3) is 11.8 Å². The van der Waals surface area contributed by atoms with E-state index < -0.39 is 23.4 Å². The fourth-order valence-electron chi connectivity index (χ4n) is 4.66. The third-order valence-electron chi connectivity index (χ3n) is 6.38. The normalized spacial score (nSPS) is 17.9. The lowest BCUT2D eigenvalue weighted by Gasteiger charge is -2.30. The molecule has 0 atom stereocenters. The Balaban J connectivity index is 1.53. The van der Waals surface area contributed by atoms with Crippen LogP contribution in [0.5, 0.6) is 0 Å². The Morgan fingerprint density at radius 1 is 1.21 bits per heavy atom. The number of nitrogens with zero attached hydrogens (tertiary/aromatic N) is 4. The maximum Gasteiger partial charge on any atom is 0.344 e. The molecule has 2 N–H and O–H groups in total. The second-order valence-electron chi connectivity index (χ2n) is 9.04. The summed E-state index contributed by atoms with van der Waals surface area (Å²) in [5.41, 5.74) is 3.20. The molecule has 33 heavy (non-hydrogen) atoms. The third kappa shape index (κ3) is 3.58. The predicted octanol–water partition coefficient (Wildman–Crippen LogP) is 3.95. The quantitative estimate of drug-likeness (QED) is 0.566. The van der Waals surface area contributed by atoms with Crippen LogP contribution in [0, 0.1) is 6.92 Å². The van der Waals surface area contributed by atoms with Crippen molar-refractivity contribution in [2.45, 2.75) is 64.5 Å². The molecule has 0 bridgehead atoms. The standard InChI is InChI=1S/C23H26N6O3S/c1-13(2)28-19-16(12-24-28)15(11-17(25-19)18-8-7-14(3)33-18)20(30)27-29-21(31)23(26-22(29)32)9-5-4-6-10-23/h7-8,11-13H,4-6,9-10H2,1-3H3,(H,26,32)(H,27,30). The van der Waals surface area contributed by atoms with Gasteiger partial charge in [-0.25, -0.2) is 14.5 Å². The molecule has 10 heteroatoms. The first-order valence-corrected chi connectivity index (χ1v) is 12.0. The molecule has 9 nitrogen and oxygen atoms in total. The molecule has 172 valence electrons. The van der Waals surface area contributed by atoms with E-state index in [9.17, 15) is 14.4 Å². The van der Waals surface area contributed by atoms with E-state index in [0.29, 0.717) is 35.1 Å². The number of thiophene rings is 1. The molecule has 3 aromatic rings. The summed E-state index contributed by atoms with van der Waals surface area (Å²) in [6, 6.07) is 5.12. The number of carbonyl (C=O) groups is 3. The summed E-state index contributed by atoms with van der Waals surface area (Å²) in [5.74, 6) is -0.936. The SMILES string of the molecule is Cc1ccc(-c2cc(C(=O)NN3C(=O)NC4(CCCCC4)C3=O)c3cnn(C(C)C)c3n2)s1. The van der Waals surface area contributed by atoms with Gasteiger partial charge < -0.3 is 5.32 Å². The second-order valence-corrected chi connectivity index (χ2v) is 10.3. The predicted molar refractivity (Wildman–Crippen MR) is 125 cm³/mol. The molecule has 1 spiro atoms. The van der Waals surface area contributed by atoms with E-state index in [2.05, 4.69) is 15.8 Å². The van der Waals surface area contributed by atoms with Crippen molar-refractivity contribution in [3.63, 3.8) is 0 Å². The first kappa shape index (κ1) is 21.6. The van der Waals surface area contributed by atoms with Gasteiger partial charge in [-0.05, 0) is 51.8 Å². The van der Waals surface area contributed by atoms with Crippen LogP contribution in [0.15, 0.2) is 24.4 Å². The van der Waals surface area contributed by atoms with Crippen LogP contribution in [0.1, 0.15) is 67.2 Å². The molecule has 4 heterocycles. The monoisotopic (exact) mass is 466 g/mol. The highest BCUT2D eigenvalue weighted by atomic mass is 32.1. The molecule has 2 fully saturated rings. The molecule has 1 aliphatic heterocycles. The van der Waals surface area contributed by atoms with Gasteiger partial charge in [-0.1, -0.05) is 19.3 Å². The van der Waals surface area contributed by atoms with Gasteiger partial charge in [0.15, 0.2) is 5.65 Å². The zero-order valence-electron chi connectivity index (χ0n) is 18.8. The van der Waals surface area contributed by atoms with Crippen molar-refractivity contribution in [3.05, 3.63) is 34.8 Å². The van der Waals surface area contributed by atoms with Gasteiger partial charge in [0.1, 0.15) is 5.54 Å². The summed E-state index contributed by atoms with van der Waals surface area (Å²) in [4.78, 5) is 46.0. The molecule has 0 aromatic carbocycles. The van der Waals surface area contributed by atoms with Crippen LogP contribution < -0.4 is 10.7 Å². The van der Waals surface area contributed by atoms with Crippen LogP contribution in [0.3, 0.4) is 0 Å². The first-order chi connectivity index (χ1) is 15.8. The van der Waals surface area contributed by atoms with Crippen LogP contribution >= 0.6 is 11.3 Å². The number of urea groups is 1. The molecule has 1 aliphatic carbocycles. The van der Waals surface area contributed by atoms with Crippen LogP contribution in [0.25, 0.3) is 21.6 Å². The van der Waals surface area contributed by atoms with Crippen LogP contribution in [0.2, 0.25) is 0 Å². The van der Waals surface area contributed by atoms with Crippen LogP contribution in [-0.2, 0) is 4.79 Å². The van der Waals surface area contributed by atoms with E-state index in [-0.39, 0.29) is 6.04 Å². The summed E-state index contributed by atoms with van der Waals surface area (Å²) in [6.07, 6.45) is 5.57. The maximum absolute atomic E-state index is 13.4. The van der Waals surface area contributed by atoms with Gasteiger partial charge in [-0.15, -0.1) is 11.3 Å². The minimum atomic E-state index is -0.904.